The summed E-state index contributed by atoms with van der Waals surface area (Å²) < 4.78 is 11.4. The SMILES string of the molecule is O=C(COC(=O)c1sc2ccccc2c1Cl)NC[C@H]1CCCO1. The highest BCUT2D eigenvalue weighted by atomic mass is 35.5. The highest BCUT2D eigenvalue weighted by Crippen LogP contribution is 2.35. The van der Waals surface area contributed by atoms with E-state index in [0.717, 1.165) is 29.5 Å². The second kappa shape index (κ2) is 7.29. The van der Waals surface area contributed by atoms with Crippen molar-refractivity contribution in [3.05, 3.63) is 34.2 Å². The molecule has 23 heavy (non-hydrogen) atoms. The second-order valence-corrected chi connectivity index (χ2v) is 6.69. The molecule has 1 amide bonds. The number of esters is 1. The molecule has 1 aliphatic heterocycles. The van der Waals surface area contributed by atoms with Gasteiger partial charge in [-0.25, -0.2) is 4.79 Å². The summed E-state index contributed by atoms with van der Waals surface area (Å²) >= 11 is 7.47. The lowest BCUT2D eigenvalue weighted by Crippen LogP contribution is -2.34. The monoisotopic (exact) mass is 353 g/mol. The first-order valence-corrected chi connectivity index (χ1v) is 8.57. The highest BCUT2D eigenvalue weighted by Gasteiger charge is 2.20. The van der Waals surface area contributed by atoms with E-state index < -0.39 is 5.97 Å². The highest BCUT2D eigenvalue weighted by molar-refractivity contribution is 7.21. The van der Waals surface area contributed by atoms with E-state index in [-0.39, 0.29) is 18.6 Å². The summed E-state index contributed by atoms with van der Waals surface area (Å²) in [5, 5.41) is 3.89. The first-order valence-electron chi connectivity index (χ1n) is 7.37. The number of amides is 1. The van der Waals surface area contributed by atoms with Crippen LogP contribution in [0.5, 0.6) is 0 Å². The molecule has 7 heteroatoms. The number of nitrogens with one attached hydrogen (secondary N) is 1. The van der Waals surface area contributed by atoms with Crippen LogP contribution < -0.4 is 5.32 Å². The third-order valence-corrected chi connectivity index (χ3v) is 5.26. The van der Waals surface area contributed by atoms with Gasteiger partial charge in [-0.15, -0.1) is 11.3 Å². The molecule has 1 aromatic carbocycles. The molecular weight excluding hydrogens is 338 g/mol. The number of fused-ring (bicyclic) bond motifs is 1. The fourth-order valence-electron chi connectivity index (χ4n) is 2.43. The summed E-state index contributed by atoms with van der Waals surface area (Å²) in [6, 6.07) is 7.47. The largest absolute Gasteiger partial charge is 0.451 e. The maximum Gasteiger partial charge on any atom is 0.350 e. The van der Waals surface area contributed by atoms with E-state index in [9.17, 15) is 9.59 Å². The lowest BCUT2D eigenvalue weighted by Gasteiger charge is -2.10. The van der Waals surface area contributed by atoms with Gasteiger partial charge in [-0.2, -0.15) is 0 Å². The van der Waals surface area contributed by atoms with Crippen molar-refractivity contribution in [1.29, 1.82) is 0 Å². The van der Waals surface area contributed by atoms with Gasteiger partial charge < -0.3 is 14.8 Å². The number of halogens is 1. The summed E-state index contributed by atoms with van der Waals surface area (Å²) in [4.78, 5) is 24.1. The number of benzene rings is 1. The van der Waals surface area contributed by atoms with Crippen molar-refractivity contribution in [3.8, 4) is 0 Å². The summed E-state index contributed by atoms with van der Waals surface area (Å²) in [5.41, 5.74) is 0. The first-order chi connectivity index (χ1) is 11.1. The number of thiophene rings is 1. The van der Waals surface area contributed by atoms with Crippen LogP contribution in [0.25, 0.3) is 10.1 Å². The zero-order valence-electron chi connectivity index (χ0n) is 12.3. The van der Waals surface area contributed by atoms with Crippen LogP contribution in [-0.2, 0) is 14.3 Å². The van der Waals surface area contributed by atoms with Gasteiger partial charge in [0, 0.05) is 23.2 Å². The molecule has 1 aromatic heterocycles. The molecule has 3 rings (SSSR count). The standard InChI is InChI=1S/C16H16ClNO4S/c17-14-11-5-1-2-6-12(11)23-15(14)16(20)22-9-13(19)18-8-10-4-3-7-21-10/h1-2,5-6,10H,3-4,7-9H2,(H,18,19)/t10-/m1/s1. The molecule has 0 radical (unpaired) electrons. The van der Waals surface area contributed by atoms with Gasteiger partial charge in [-0.1, -0.05) is 29.8 Å². The Kier molecular flexibility index (Phi) is 5.15. The molecule has 1 fully saturated rings. The van der Waals surface area contributed by atoms with Gasteiger partial charge in [0.05, 0.1) is 11.1 Å². The van der Waals surface area contributed by atoms with Crippen molar-refractivity contribution in [2.75, 3.05) is 19.8 Å². The molecule has 0 saturated carbocycles. The number of carbonyl (C=O) groups is 2. The van der Waals surface area contributed by atoms with E-state index >= 15 is 0 Å². The molecule has 0 bridgehead atoms. The molecule has 0 spiro atoms. The van der Waals surface area contributed by atoms with Crippen LogP contribution >= 0.6 is 22.9 Å². The fourth-order valence-corrected chi connectivity index (χ4v) is 3.83. The maximum atomic E-state index is 12.1. The third-order valence-electron chi connectivity index (χ3n) is 3.61. The van der Waals surface area contributed by atoms with Crippen molar-refractivity contribution in [1.82, 2.24) is 5.32 Å². The fraction of sp³-hybridized carbons (Fsp3) is 0.375. The van der Waals surface area contributed by atoms with Crippen LogP contribution in [0.4, 0.5) is 0 Å². The van der Waals surface area contributed by atoms with Gasteiger partial charge in [0.15, 0.2) is 6.61 Å². The molecule has 2 heterocycles. The molecule has 1 atom stereocenters. The van der Waals surface area contributed by atoms with E-state index in [1.54, 1.807) is 0 Å². The maximum absolute atomic E-state index is 12.1. The molecule has 0 unspecified atom stereocenters. The van der Waals surface area contributed by atoms with Gasteiger partial charge >= 0.3 is 5.97 Å². The Hall–Kier alpha value is -1.63. The van der Waals surface area contributed by atoms with Gasteiger partial charge in [-0.3, -0.25) is 4.79 Å². The average molecular weight is 354 g/mol. The Balaban J connectivity index is 1.53. The van der Waals surface area contributed by atoms with Crippen molar-refractivity contribution in [2.24, 2.45) is 0 Å². The van der Waals surface area contributed by atoms with Gasteiger partial charge in [0.2, 0.25) is 0 Å². The summed E-state index contributed by atoms with van der Waals surface area (Å²) in [6.45, 7) is 0.857. The second-order valence-electron chi connectivity index (χ2n) is 5.26. The Labute approximate surface area is 142 Å². The van der Waals surface area contributed by atoms with Crippen molar-refractivity contribution in [3.63, 3.8) is 0 Å². The van der Waals surface area contributed by atoms with Crippen molar-refractivity contribution >= 4 is 44.9 Å². The smallest absolute Gasteiger partial charge is 0.350 e. The lowest BCUT2D eigenvalue weighted by molar-refractivity contribution is -0.124. The molecular formula is C16H16ClNO4S. The summed E-state index contributed by atoms with van der Waals surface area (Å²) in [5.74, 6) is -0.922. The number of rotatable bonds is 5. The summed E-state index contributed by atoms with van der Waals surface area (Å²) in [6.07, 6.45) is 2.02. The van der Waals surface area contributed by atoms with E-state index in [1.807, 2.05) is 24.3 Å². The average Bonchev–Trinajstić information content (AvgIpc) is 3.19. The van der Waals surface area contributed by atoms with Crippen LogP contribution in [0.3, 0.4) is 0 Å². The van der Waals surface area contributed by atoms with Crippen LogP contribution in [-0.4, -0.2) is 37.7 Å². The molecule has 1 N–H and O–H groups in total. The molecule has 0 aliphatic carbocycles. The number of carbonyl (C=O) groups excluding carboxylic acids is 2. The lowest BCUT2D eigenvalue weighted by atomic mass is 10.2. The number of hydrogen-bond donors (Lipinski definition) is 1. The minimum atomic E-state index is -0.580. The molecule has 1 saturated heterocycles. The van der Waals surface area contributed by atoms with Crippen molar-refractivity contribution < 1.29 is 19.1 Å². The zero-order chi connectivity index (χ0) is 16.2. The topological polar surface area (TPSA) is 64.6 Å². The van der Waals surface area contributed by atoms with E-state index in [2.05, 4.69) is 5.32 Å². The van der Waals surface area contributed by atoms with E-state index in [0.29, 0.717) is 16.4 Å². The molecule has 5 nitrogen and oxygen atoms in total. The zero-order valence-corrected chi connectivity index (χ0v) is 13.9. The Morgan fingerprint density at radius 1 is 1.39 bits per heavy atom. The number of hydrogen-bond acceptors (Lipinski definition) is 5. The predicted molar refractivity (Wildman–Crippen MR) is 89.1 cm³/mol. The van der Waals surface area contributed by atoms with Gasteiger partial charge in [0.1, 0.15) is 4.88 Å². The minimum absolute atomic E-state index is 0.0618. The quantitative estimate of drug-likeness (QED) is 0.839. The van der Waals surface area contributed by atoms with Gasteiger partial charge in [-0.05, 0) is 18.9 Å². The minimum Gasteiger partial charge on any atom is -0.451 e. The van der Waals surface area contributed by atoms with Crippen LogP contribution in [0.2, 0.25) is 5.02 Å². The summed E-state index contributed by atoms with van der Waals surface area (Å²) in [7, 11) is 0. The number of ether oxygens (including phenoxy) is 2. The Bertz CT molecular complexity index is 724. The van der Waals surface area contributed by atoms with Crippen LogP contribution in [0.1, 0.15) is 22.5 Å². The van der Waals surface area contributed by atoms with Crippen molar-refractivity contribution in [2.45, 2.75) is 18.9 Å². The Morgan fingerprint density at radius 3 is 2.96 bits per heavy atom. The van der Waals surface area contributed by atoms with E-state index in [4.69, 9.17) is 21.1 Å². The first kappa shape index (κ1) is 16.2. The normalized spacial score (nSPS) is 17.3. The van der Waals surface area contributed by atoms with E-state index in [1.165, 1.54) is 11.3 Å². The van der Waals surface area contributed by atoms with Crippen LogP contribution in [0.15, 0.2) is 24.3 Å². The Morgan fingerprint density at radius 2 is 2.22 bits per heavy atom. The van der Waals surface area contributed by atoms with Crippen LogP contribution in [0, 0.1) is 0 Å². The molecule has 2 aromatic rings. The molecule has 122 valence electrons. The third kappa shape index (κ3) is 3.83. The predicted octanol–water partition coefficient (Wildman–Crippen LogP) is 3.01. The van der Waals surface area contributed by atoms with Gasteiger partial charge in [0.25, 0.3) is 5.91 Å². The molecule has 1 aliphatic rings.